The number of hydrogen-bond acceptors (Lipinski definition) is 2. The summed E-state index contributed by atoms with van der Waals surface area (Å²) in [4.78, 5) is 0. The van der Waals surface area contributed by atoms with Crippen LogP contribution in [0.4, 0.5) is 0 Å². The lowest BCUT2D eigenvalue weighted by Gasteiger charge is -2.24. The highest BCUT2D eigenvalue weighted by molar-refractivity contribution is 7.79. The maximum absolute atomic E-state index is 3.84. The third-order valence-electron chi connectivity index (χ3n) is 1.98. The van der Waals surface area contributed by atoms with Gasteiger partial charge in [-0.2, -0.15) is 0 Å². The maximum Gasteiger partial charge on any atom is 0.0231 e. The van der Waals surface area contributed by atoms with E-state index in [1.54, 1.807) is 0 Å². The highest BCUT2D eigenvalue weighted by atomic mass is 32.1. The molecule has 0 aromatic heterocycles. The minimum absolute atomic E-state index is 0.931. The summed E-state index contributed by atoms with van der Waals surface area (Å²) in [6.07, 6.45) is 5.40. The molecule has 1 rings (SSSR count). The Morgan fingerprint density at radius 3 is 2.67 bits per heavy atom. The van der Waals surface area contributed by atoms with Gasteiger partial charge in [0.2, 0.25) is 0 Å². The van der Waals surface area contributed by atoms with Crippen LogP contribution in [0.1, 0.15) is 32.6 Å². The molecule has 9 heavy (non-hydrogen) atoms. The van der Waals surface area contributed by atoms with Crippen molar-refractivity contribution in [3.63, 3.8) is 0 Å². The molecular weight excluding hydrogens is 130 g/mol. The summed E-state index contributed by atoms with van der Waals surface area (Å²) in [5, 5.41) is 0. The molecule has 0 spiro atoms. The first-order valence-electron chi connectivity index (χ1n) is 3.50. The van der Waals surface area contributed by atoms with Crippen molar-refractivity contribution >= 4 is 18.5 Å². The van der Waals surface area contributed by atoms with Crippen molar-refractivity contribution in [1.29, 1.82) is 0 Å². The Kier molecular flexibility index (Phi) is 2.58. The molecule has 0 aromatic rings. The van der Waals surface area contributed by atoms with E-state index in [9.17, 15) is 0 Å². The van der Waals surface area contributed by atoms with Crippen molar-refractivity contribution in [3.05, 3.63) is 0 Å². The van der Waals surface area contributed by atoms with Crippen molar-refractivity contribution in [2.75, 3.05) is 0 Å². The predicted molar refractivity (Wildman–Crippen MR) is 44.1 cm³/mol. The van der Waals surface area contributed by atoms with Gasteiger partial charge in [-0.05, 0) is 32.1 Å². The van der Waals surface area contributed by atoms with Gasteiger partial charge < -0.3 is 0 Å². The van der Waals surface area contributed by atoms with Crippen LogP contribution in [0.5, 0.6) is 0 Å². The topological polar surface area (TPSA) is 12.4 Å². The van der Waals surface area contributed by atoms with Crippen LogP contribution in [0.3, 0.4) is 0 Å². The van der Waals surface area contributed by atoms with Gasteiger partial charge in [-0.3, -0.25) is 0 Å². The van der Waals surface area contributed by atoms with Crippen molar-refractivity contribution in [3.8, 4) is 0 Å². The Hall–Kier alpha value is 0.0200. The van der Waals surface area contributed by atoms with E-state index in [0.29, 0.717) is 0 Å². The Morgan fingerprint density at radius 1 is 1.67 bits per heavy atom. The second-order valence-electron chi connectivity index (χ2n) is 2.84. The Balaban J connectivity index is 2.16. The highest BCUT2D eigenvalue weighted by Gasteiger charge is 2.17. The molecule has 1 aliphatic rings. The van der Waals surface area contributed by atoms with Crippen LogP contribution in [-0.2, 0) is 0 Å². The zero-order valence-electron chi connectivity index (χ0n) is 5.80. The zero-order valence-corrected chi connectivity index (χ0v) is 6.69. The summed E-state index contributed by atoms with van der Waals surface area (Å²) >= 11 is 3.84. The summed E-state index contributed by atoms with van der Waals surface area (Å²) in [5.74, 6) is 0.931. The van der Waals surface area contributed by atoms with Crippen LogP contribution in [-0.4, -0.2) is 5.71 Å². The lowest BCUT2D eigenvalue weighted by atomic mass is 9.82. The maximum atomic E-state index is 3.84. The Morgan fingerprint density at radius 2 is 2.33 bits per heavy atom. The van der Waals surface area contributed by atoms with Gasteiger partial charge in [-0.25, -0.2) is 4.40 Å². The van der Waals surface area contributed by atoms with Gasteiger partial charge in [-0.1, -0.05) is 19.3 Å². The van der Waals surface area contributed by atoms with Crippen LogP contribution in [0.2, 0.25) is 0 Å². The van der Waals surface area contributed by atoms with E-state index >= 15 is 0 Å². The SMILES string of the molecule is C/C(CC1CCC1)=N\S. The molecule has 1 saturated carbocycles. The normalized spacial score (nSPS) is 21.8. The lowest BCUT2D eigenvalue weighted by Crippen LogP contribution is -2.13. The van der Waals surface area contributed by atoms with Gasteiger partial charge in [0.25, 0.3) is 0 Å². The fourth-order valence-corrected chi connectivity index (χ4v) is 1.24. The molecule has 0 saturated heterocycles. The van der Waals surface area contributed by atoms with Crippen molar-refractivity contribution in [1.82, 2.24) is 0 Å². The van der Waals surface area contributed by atoms with Crippen LogP contribution < -0.4 is 0 Å². The third kappa shape index (κ3) is 2.01. The molecule has 0 aliphatic heterocycles. The number of thiol groups is 1. The summed E-state index contributed by atoms with van der Waals surface area (Å²) in [6, 6.07) is 0. The lowest BCUT2D eigenvalue weighted by molar-refractivity contribution is 0.327. The standard InChI is InChI=1S/C7H13NS/c1-6(8-9)5-7-3-2-4-7/h7,9H,2-5H2,1H3/b8-6+. The molecule has 52 valence electrons. The van der Waals surface area contributed by atoms with E-state index < -0.39 is 0 Å². The van der Waals surface area contributed by atoms with Crippen molar-refractivity contribution in [2.24, 2.45) is 10.3 Å². The molecule has 1 fully saturated rings. The van der Waals surface area contributed by atoms with Gasteiger partial charge in [-0.15, -0.1) is 0 Å². The minimum Gasteiger partial charge on any atom is -0.229 e. The van der Waals surface area contributed by atoms with E-state index in [0.717, 1.165) is 5.92 Å². The van der Waals surface area contributed by atoms with Crippen LogP contribution >= 0.6 is 12.8 Å². The monoisotopic (exact) mass is 143 g/mol. The fraction of sp³-hybridized carbons (Fsp3) is 0.857. The first kappa shape index (κ1) is 7.13. The first-order chi connectivity index (χ1) is 4.33. The second kappa shape index (κ2) is 3.25. The molecule has 1 aliphatic carbocycles. The average molecular weight is 143 g/mol. The first-order valence-corrected chi connectivity index (χ1v) is 3.90. The fourth-order valence-electron chi connectivity index (χ4n) is 1.16. The van der Waals surface area contributed by atoms with Gasteiger partial charge in [0.15, 0.2) is 0 Å². The third-order valence-corrected chi connectivity index (χ3v) is 2.32. The second-order valence-corrected chi connectivity index (χ2v) is 3.04. The largest absolute Gasteiger partial charge is 0.229 e. The van der Waals surface area contributed by atoms with E-state index in [1.807, 2.05) is 6.92 Å². The molecule has 0 aromatic carbocycles. The van der Waals surface area contributed by atoms with Crippen molar-refractivity contribution in [2.45, 2.75) is 32.6 Å². The smallest absolute Gasteiger partial charge is 0.0231 e. The number of rotatable bonds is 2. The summed E-state index contributed by atoms with van der Waals surface area (Å²) in [6.45, 7) is 2.05. The van der Waals surface area contributed by atoms with Crippen LogP contribution in [0.15, 0.2) is 4.40 Å². The van der Waals surface area contributed by atoms with Gasteiger partial charge in [0, 0.05) is 5.71 Å². The zero-order chi connectivity index (χ0) is 6.69. The molecule has 1 nitrogen and oxygen atoms in total. The van der Waals surface area contributed by atoms with E-state index in [1.165, 1.54) is 31.4 Å². The molecule has 0 atom stereocenters. The van der Waals surface area contributed by atoms with E-state index in [-0.39, 0.29) is 0 Å². The van der Waals surface area contributed by atoms with Crippen LogP contribution in [0, 0.1) is 5.92 Å². The average Bonchev–Trinajstić information content (AvgIpc) is 1.78. The molecule has 0 radical (unpaired) electrons. The molecule has 0 heterocycles. The van der Waals surface area contributed by atoms with Gasteiger partial charge in [0.1, 0.15) is 0 Å². The summed E-state index contributed by atoms with van der Waals surface area (Å²) in [5.41, 5.74) is 1.18. The number of nitrogens with zero attached hydrogens (tertiary/aromatic N) is 1. The molecule has 0 amide bonds. The molecule has 0 bridgehead atoms. The Labute approximate surface area is 62.1 Å². The van der Waals surface area contributed by atoms with E-state index in [2.05, 4.69) is 17.2 Å². The quantitative estimate of drug-likeness (QED) is 0.450. The summed E-state index contributed by atoms with van der Waals surface area (Å²) < 4.78 is 3.82. The summed E-state index contributed by atoms with van der Waals surface area (Å²) in [7, 11) is 0. The predicted octanol–water partition coefficient (Wildman–Crippen LogP) is 2.48. The molecule has 0 N–H and O–H groups in total. The number of hydrogen-bond donors (Lipinski definition) is 1. The van der Waals surface area contributed by atoms with Gasteiger partial charge >= 0.3 is 0 Å². The molecular formula is C7H13NS. The minimum atomic E-state index is 0.931. The Bertz CT molecular complexity index is 116. The van der Waals surface area contributed by atoms with Gasteiger partial charge in [0.05, 0.1) is 0 Å². The van der Waals surface area contributed by atoms with Crippen LogP contribution in [0.25, 0.3) is 0 Å². The highest BCUT2D eigenvalue weighted by Crippen LogP contribution is 2.29. The van der Waals surface area contributed by atoms with E-state index in [4.69, 9.17) is 0 Å². The molecule has 0 unspecified atom stereocenters. The van der Waals surface area contributed by atoms with Crippen molar-refractivity contribution < 1.29 is 0 Å². The molecule has 2 heteroatoms.